The highest BCUT2D eigenvalue weighted by atomic mass is 15.2. The van der Waals surface area contributed by atoms with E-state index < -0.39 is 0 Å². The van der Waals surface area contributed by atoms with E-state index in [0.717, 1.165) is 22.0 Å². The molecule has 18 heavy (non-hydrogen) atoms. The Morgan fingerprint density at radius 1 is 1.11 bits per heavy atom. The number of nitrogens with zero attached hydrogens (tertiary/aromatic N) is 2. The average molecular weight is 238 g/mol. The van der Waals surface area contributed by atoms with Crippen molar-refractivity contribution in [2.45, 2.75) is 0 Å². The van der Waals surface area contributed by atoms with Crippen LogP contribution in [0.1, 0.15) is 0 Å². The second-order valence-electron chi connectivity index (χ2n) is 4.35. The van der Waals surface area contributed by atoms with Gasteiger partial charge in [0.25, 0.3) is 0 Å². The molecule has 4 N–H and O–H groups in total. The molecule has 0 atom stereocenters. The Bertz CT molecular complexity index is 728. The quantitative estimate of drug-likeness (QED) is 0.639. The van der Waals surface area contributed by atoms with Gasteiger partial charge in [0.05, 0.1) is 23.1 Å². The standard InChI is InChI=1S/C14H14N4/c1-18-13-6-5-9(7-10(13)8-17-18)11-3-2-4-12(15)14(11)16/h2-8H,15-16H2,1H3. The van der Waals surface area contributed by atoms with E-state index in [1.165, 1.54) is 0 Å². The molecule has 1 aromatic heterocycles. The maximum absolute atomic E-state index is 6.02. The predicted molar refractivity (Wildman–Crippen MR) is 75.0 cm³/mol. The van der Waals surface area contributed by atoms with Crippen LogP contribution in [0.5, 0.6) is 0 Å². The maximum Gasteiger partial charge on any atom is 0.0679 e. The number of para-hydroxylation sites is 1. The Morgan fingerprint density at radius 3 is 2.78 bits per heavy atom. The zero-order valence-corrected chi connectivity index (χ0v) is 10.1. The van der Waals surface area contributed by atoms with Crippen molar-refractivity contribution in [3.63, 3.8) is 0 Å². The number of hydrogen-bond donors (Lipinski definition) is 2. The van der Waals surface area contributed by atoms with Gasteiger partial charge in [0.1, 0.15) is 0 Å². The van der Waals surface area contributed by atoms with Gasteiger partial charge in [-0.3, -0.25) is 4.68 Å². The minimum atomic E-state index is 0.610. The molecular formula is C14H14N4. The first kappa shape index (κ1) is 10.7. The third kappa shape index (κ3) is 1.50. The van der Waals surface area contributed by atoms with Crippen molar-refractivity contribution in [1.82, 2.24) is 9.78 Å². The van der Waals surface area contributed by atoms with Crippen molar-refractivity contribution in [2.75, 3.05) is 11.5 Å². The van der Waals surface area contributed by atoms with E-state index in [0.29, 0.717) is 11.4 Å². The first-order valence-corrected chi connectivity index (χ1v) is 5.73. The van der Waals surface area contributed by atoms with Crippen LogP contribution in [0.2, 0.25) is 0 Å². The number of anilines is 2. The van der Waals surface area contributed by atoms with E-state index in [1.807, 2.05) is 42.2 Å². The number of aryl methyl sites for hydroxylation is 1. The summed E-state index contributed by atoms with van der Waals surface area (Å²) in [5, 5.41) is 5.33. The molecule has 0 saturated carbocycles. The smallest absolute Gasteiger partial charge is 0.0679 e. The number of benzene rings is 2. The Hall–Kier alpha value is -2.49. The Balaban J connectivity index is 2.22. The lowest BCUT2D eigenvalue weighted by Gasteiger charge is -2.08. The fourth-order valence-electron chi connectivity index (χ4n) is 2.17. The Labute approximate surface area is 105 Å². The van der Waals surface area contributed by atoms with Crippen LogP contribution in [-0.4, -0.2) is 9.78 Å². The fraction of sp³-hybridized carbons (Fsp3) is 0.0714. The number of fused-ring (bicyclic) bond motifs is 1. The van der Waals surface area contributed by atoms with Crippen LogP contribution in [0.3, 0.4) is 0 Å². The van der Waals surface area contributed by atoms with E-state index in [2.05, 4.69) is 11.2 Å². The highest BCUT2D eigenvalue weighted by Crippen LogP contribution is 2.31. The third-order valence-electron chi connectivity index (χ3n) is 3.20. The van der Waals surface area contributed by atoms with Crippen molar-refractivity contribution < 1.29 is 0 Å². The van der Waals surface area contributed by atoms with Gasteiger partial charge in [0, 0.05) is 18.0 Å². The molecule has 4 heteroatoms. The van der Waals surface area contributed by atoms with Gasteiger partial charge >= 0.3 is 0 Å². The van der Waals surface area contributed by atoms with E-state index in [9.17, 15) is 0 Å². The molecule has 0 aliphatic heterocycles. The van der Waals surface area contributed by atoms with Crippen molar-refractivity contribution in [3.8, 4) is 11.1 Å². The van der Waals surface area contributed by atoms with Crippen LogP contribution in [0.25, 0.3) is 22.0 Å². The molecule has 3 aromatic rings. The summed E-state index contributed by atoms with van der Waals surface area (Å²) in [6, 6.07) is 11.8. The molecule has 0 radical (unpaired) electrons. The van der Waals surface area contributed by atoms with Crippen molar-refractivity contribution in [2.24, 2.45) is 7.05 Å². The summed E-state index contributed by atoms with van der Waals surface area (Å²) in [7, 11) is 1.93. The molecule has 0 amide bonds. The number of rotatable bonds is 1. The lowest BCUT2D eigenvalue weighted by atomic mass is 10.0. The molecule has 1 heterocycles. The summed E-state index contributed by atoms with van der Waals surface area (Å²) >= 11 is 0. The zero-order valence-electron chi connectivity index (χ0n) is 10.1. The van der Waals surface area contributed by atoms with Crippen LogP contribution >= 0.6 is 0 Å². The lowest BCUT2D eigenvalue weighted by molar-refractivity contribution is 0.797. The summed E-state index contributed by atoms with van der Waals surface area (Å²) in [5.41, 5.74) is 16.2. The molecule has 0 aliphatic carbocycles. The molecule has 2 aromatic carbocycles. The molecule has 0 unspecified atom stereocenters. The highest BCUT2D eigenvalue weighted by Gasteiger charge is 2.07. The number of hydrogen-bond acceptors (Lipinski definition) is 3. The monoisotopic (exact) mass is 238 g/mol. The van der Waals surface area contributed by atoms with Crippen LogP contribution < -0.4 is 11.5 Å². The summed E-state index contributed by atoms with van der Waals surface area (Å²) in [5.74, 6) is 0. The number of nitrogen functional groups attached to an aromatic ring is 2. The zero-order chi connectivity index (χ0) is 12.7. The van der Waals surface area contributed by atoms with Crippen LogP contribution in [0, 0.1) is 0 Å². The molecular weight excluding hydrogens is 224 g/mol. The van der Waals surface area contributed by atoms with Gasteiger partial charge in [-0.25, -0.2) is 0 Å². The van der Waals surface area contributed by atoms with Gasteiger partial charge in [-0.05, 0) is 23.8 Å². The van der Waals surface area contributed by atoms with Crippen molar-refractivity contribution in [1.29, 1.82) is 0 Å². The van der Waals surface area contributed by atoms with Crippen LogP contribution in [0.15, 0.2) is 42.6 Å². The van der Waals surface area contributed by atoms with E-state index in [1.54, 1.807) is 6.07 Å². The van der Waals surface area contributed by atoms with Crippen molar-refractivity contribution >= 4 is 22.3 Å². The molecule has 0 spiro atoms. The topological polar surface area (TPSA) is 69.9 Å². The minimum absolute atomic E-state index is 0.610. The summed E-state index contributed by atoms with van der Waals surface area (Å²) < 4.78 is 1.85. The molecule has 4 nitrogen and oxygen atoms in total. The number of nitrogens with two attached hydrogens (primary N) is 2. The second-order valence-corrected chi connectivity index (χ2v) is 4.35. The Kier molecular flexibility index (Phi) is 2.23. The Morgan fingerprint density at radius 2 is 1.94 bits per heavy atom. The summed E-state index contributed by atoms with van der Waals surface area (Å²) in [6.45, 7) is 0. The molecule has 3 rings (SSSR count). The van der Waals surface area contributed by atoms with Gasteiger partial charge in [-0.15, -0.1) is 0 Å². The second kappa shape index (κ2) is 3.77. The van der Waals surface area contributed by atoms with Crippen LogP contribution in [0.4, 0.5) is 11.4 Å². The van der Waals surface area contributed by atoms with Crippen LogP contribution in [-0.2, 0) is 7.05 Å². The van der Waals surface area contributed by atoms with E-state index >= 15 is 0 Å². The largest absolute Gasteiger partial charge is 0.397 e. The SMILES string of the molecule is Cn1ncc2cc(-c3cccc(N)c3N)ccc21. The van der Waals surface area contributed by atoms with Gasteiger partial charge in [-0.2, -0.15) is 5.10 Å². The average Bonchev–Trinajstić information content (AvgIpc) is 2.74. The molecule has 0 saturated heterocycles. The fourth-order valence-corrected chi connectivity index (χ4v) is 2.17. The van der Waals surface area contributed by atoms with Gasteiger partial charge in [0.15, 0.2) is 0 Å². The van der Waals surface area contributed by atoms with Crippen molar-refractivity contribution in [3.05, 3.63) is 42.6 Å². The highest BCUT2D eigenvalue weighted by molar-refractivity contribution is 5.90. The van der Waals surface area contributed by atoms with E-state index in [4.69, 9.17) is 11.5 Å². The maximum atomic E-state index is 6.02. The number of aromatic nitrogens is 2. The molecule has 0 aliphatic rings. The third-order valence-corrected chi connectivity index (χ3v) is 3.20. The molecule has 90 valence electrons. The molecule has 0 bridgehead atoms. The van der Waals surface area contributed by atoms with E-state index in [-0.39, 0.29) is 0 Å². The first-order valence-electron chi connectivity index (χ1n) is 5.73. The summed E-state index contributed by atoms with van der Waals surface area (Å²) in [6.07, 6.45) is 1.85. The summed E-state index contributed by atoms with van der Waals surface area (Å²) in [4.78, 5) is 0. The first-order chi connectivity index (χ1) is 8.66. The van der Waals surface area contributed by atoms with Gasteiger partial charge in [-0.1, -0.05) is 18.2 Å². The predicted octanol–water partition coefficient (Wildman–Crippen LogP) is 2.40. The normalized spacial score (nSPS) is 10.9. The lowest BCUT2D eigenvalue weighted by Crippen LogP contribution is -1.96. The minimum Gasteiger partial charge on any atom is -0.397 e. The van der Waals surface area contributed by atoms with Gasteiger partial charge < -0.3 is 11.5 Å². The molecule has 0 fully saturated rings. The van der Waals surface area contributed by atoms with Gasteiger partial charge in [0.2, 0.25) is 0 Å².